The Morgan fingerprint density at radius 1 is 1.32 bits per heavy atom. The van der Waals surface area contributed by atoms with Crippen molar-refractivity contribution in [2.45, 2.75) is 32.7 Å². The van der Waals surface area contributed by atoms with Crippen LogP contribution in [0, 0.1) is 12.8 Å². The van der Waals surface area contributed by atoms with Gasteiger partial charge in [0.15, 0.2) is 0 Å². The normalized spacial score (nSPS) is 26.8. The van der Waals surface area contributed by atoms with Gasteiger partial charge in [-0.15, -0.1) is 0 Å². The van der Waals surface area contributed by atoms with Crippen LogP contribution in [0.3, 0.4) is 0 Å². The van der Waals surface area contributed by atoms with Crippen molar-refractivity contribution in [3.63, 3.8) is 0 Å². The first kappa shape index (κ1) is 12.1. The van der Waals surface area contributed by atoms with Crippen molar-refractivity contribution in [1.29, 1.82) is 0 Å². The summed E-state index contributed by atoms with van der Waals surface area (Å²) >= 11 is 0. The number of hydrogen-bond donors (Lipinski definition) is 0. The zero-order chi connectivity index (χ0) is 13.6. The minimum Gasteiger partial charge on any atom is -0.312 e. The van der Waals surface area contributed by atoms with E-state index in [-0.39, 0.29) is 18.0 Å². The molecule has 0 aliphatic carbocycles. The molecule has 3 heterocycles. The molecule has 5 heteroatoms. The summed E-state index contributed by atoms with van der Waals surface area (Å²) in [5, 5.41) is 0. The maximum atomic E-state index is 12.4. The summed E-state index contributed by atoms with van der Waals surface area (Å²) in [4.78, 5) is 32.0. The van der Waals surface area contributed by atoms with E-state index in [2.05, 4.69) is 11.9 Å². The Hall–Kier alpha value is -1.91. The van der Waals surface area contributed by atoms with Crippen molar-refractivity contribution >= 4 is 17.8 Å². The number of anilines is 1. The Morgan fingerprint density at radius 2 is 2.11 bits per heavy atom. The van der Waals surface area contributed by atoms with Crippen LogP contribution in [0.5, 0.6) is 0 Å². The summed E-state index contributed by atoms with van der Waals surface area (Å²) in [7, 11) is 0. The zero-order valence-electron chi connectivity index (χ0n) is 11.2. The third-order valence-corrected chi connectivity index (χ3v) is 3.91. The second-order valence-electron chi connectivity index (χ2n) is 5.43. The molecule has 0 bridgehead atoms. The van der Waals surface area contributed by atoms with Gasteiger partial charge in [0.25, 0.3) is 5.91 Å². The highest BCUT2D eigenvalue weighted by Crippen LogP contribution is 2.32. The van der Waals surface area contributed by atoms with Gasteiger partial charge >= 0.3 is 6.03 Å². The van der Waals surface area contributed by atoms with Crippen molar-refractivity contribution < 1.29 is 9.59 Å². The standard InChI is InChI=1S/C14H17N3O2/c1-9-6-7-16-11(8-9)13(18)17(14(16)19)12-5-3-4-10(2)15-12/h3-5,9,11H,6-8H2,1-2H3/t9-,11+/m1/s1. The van der Waals surface area contributed by atoms with Gasteiger partial charge in [-0.1, -0.05) is 13.0 Å². The highest BCUT2D eigenvalue weighted by atomic mass is 16.2. The van der Waals surface area contributed by atoms with Gasteiger partial charge in [-0.3, -0.25) is 4.79 Å². The number of carbonyl (C=O) groups excluding carboxylic acids is 2. The van der Waals surface area contributed by atoms with E-state index in [1.807, 2.05) is 19.1 Å². The van der Waals surface area contributed by atoms with E-state index in [1.165, 1.54) is 4.90 Å². The second-order valence-corrected chi connectivity index (χ2v) is 5.43. The largest absolute Gasteiger partial charge is 0.333 e. The molecule has 3 amide bonds. The van der Waals surface area contributed by atoms with Gasteiger partial charge in [0.2, 0.25) is 0 Å². The number of carbonyl (C=O) groups is 2. The molecular formula is C14H17N3O2. The molecule has 2 saturated heterocycles. The number of imide groups is 1. The summed E-state index contributed by atoms with van der Waals surface area (Å²) in [6.07, 6.45) is 1.72. The van der Waals surface area contributed by atoms with Crippen LogP contribution in [0.2, 0.25) is 0 Å². The van der Waals surface area contributed by atoms with E-state index in [4.69, 9.17) is 0 Å². The first-order chi connectivity index (χ1) is 9.08. The minimum atomic E-state index is -0.293. The highest BCUT2D eigenvalue weighted by molar-refractivity contribution is 6.20. The number of piperidine rings is 1. The molecule has 19 heavy (non-hydrogen) atoms. The van der Waals surface area contributed by atoms with Crippen LogP contribution in [-0.4, -0.2) is 34.4 Å². The second kappa shape index (κ2) is 4.33. The molecule has 2 aliphatic rings. The topological polar surface area (TPSA) is 53.5 Å². The van der Waals surface area contributed by atoms with Crippen molar-refractivity contribution in [2.75, 3.05) is 11.4 Å². The number of pyridine rings is 1. The number of hydrogen-bond acceptors (Lipinski definition) is 3. The Labute approximate surface area is 112 Å². The van der Waals surface area contributed by atoms with Crippen molar-refractivity contribution in [3.8, 4) is 0 Å². The molecule has 1 aromatic heterocycles. The quantitative estimate of drug-likeness (QED) is 0.724. The van der Waals surface area contributed by atoms with Crippen molar-refractivity contribution in [2.24, 2.45) is 5.92 Å². The number of amides is 3. The molecular weight excluding hydrogens is 242 g/mol. The van der Waals surface area contributed by atoms with Crippen LogP contribution in [0.1, 0.15) is 25.5 Å². The summed E-state index contributed by atoms with van der Waals surface area (Å²) in [6, 6.07) is 4.87. The molecule has 2 aliphatic heterocycles. The van der Waals surface area contributed by atoms with E-state index in [0.717, 1.165) is 18.5 Å². The monoisotopic (exact) mass is 259 g/mol. The summed E-state index contributed by atoms with van der Waals surface area (Å²) in [6.45, 7) is 4.64. The predicted molar refractivity (Wildman–Crippen MR) is 70.7 cm³/mol. The molecule has 1 aromatic rings. The minimum absolute atomic E-state index is 0.130. The maximum absolute atomic E-state index is 12.4. The van der Waals surface area contributed by atoms with Crippen LogP contribution in [0.25, 0.3) is 0 Å². The van der Waals surface area contributed by atoms with Crippen LogP contribution in [0.4, 0.5) is 10.6 Å². The number of urea groups is 1. The van der Waals surface area contributed by atoms with Crippen molar-refractivity contribution in [1.82, 2.24) is 9.88 Å². The fourth-order valence-corrected chi connectivity index (χ4v) is 2.84. The Kier molecular flexibility index (Phi) is 2.77. The molecule has 0 saturated carbocycles. The molecule has 3 rings (SSSR count). The van der Waals surface area contributed by atoms with E-state index in [0.29, 0.717) is 18.3 Å². The average Bonchev–Trinajstić information content (AvgIpc) is 2.61. The zero-order valence-corrected chi connectivity index (χ0v) is 11.2. The third-order valence-electron chi connectivity index (χ3n) is 3.91. The van der Waals surface area contributed by atoms with Gasteiger partial charge in [-0.05, 0) is 37.8 Å². The van der Waals surface area contributed by atoms with Crippen LogP contribution in [0.15, 0.2) is 18.2 Å². The average molecular weight is 259 g/mol. The lowest BCUT2D eigenvalue weighted by Crippen LogP contribution is -2.41. The van der Waals surface area contributed by atoms with Gasteiger partial charge in [0, 0.05) is 12.2 Å². The number of rotatable bonds is 1. The van der Waals surface area contributed by atoms with Crippen LogP contribution < -0.4 is 4.90 Å². The van der Waals surface area contributed by atoms with Gasteiger partial charge in [-0.2, -0.15) is 0 Å². The molecule has 0 aromatic carbocycles. The lowest BCUT2D eigenvalue weighted by Gasteiger charge is -2.30. The van der Waals surface area contributed by atoms with E-state index >= 15 is 0 Å². The van der Waals surface area contributed by atoms with E-state index in [9.17, 15) is 9.59 Å². The summed E-state index contributed by atoms with van der Waals surface area (Å²) in [5.74, 6) is 0.801. The lowest BCUT2D eigenvalue weighted by molar-refractivity contribution is -0.120. The van der Waals surface area contributed by atoms with E-state index < -0.39 is 0 Å². The highest BCUT2D eigenvalue weighted by Gasteiger charge is 2.48. The molecule has 0 radical (unpaired) electrons. The Morgan fingerprint density at radius 3 is 2.84 bits per heavy atom. The summed E-state index contributed by atoms with van der Waals surface area (Å²) in [5.41, 5.74) is 0.802. The Balaban J connectivity index is 1.95. The molecule has 100 valence electrons. The van der Waals surface area contributed by atoms with E-state index in [1.54, 1.807) is 11.0 Å². The van der Waals surface area contributed by atoms with Gasteiger partial charge in [0.1, 0.15) is 11.9 Å². The molecule has 0 N–H and O–H groups in total. The predicted octanol–water partition coefficient (Wildman–Crippen LogP) is 1.96. The first-order valence-corrected chi connectivity index (χ1v) is 6.66. The maximum Gasteiger partial charge on any atom is 0.333 e. The fraction of sp³-hybridized carbons (Fsp3) is 0.500. The SMILES string of the molecule is Cc1cccc(N2C(=O)[C@@H]3C[C@H](C)CCN3C2=O)n1. The van der Waals surface area contributed by atoms with Gasteiger partial charge < -0.3 is 4.90 Å². The molecule has 0 unspecified atom stereocenters. The van der Waals surface area contributed by atoms with Gasteiger partial charge in [-0.25, -0.2) is 14.7 Å². The third kappa shape index (κ3) is 1.89. The molecule has 5 nitrogen and oxygen atoms in total. The summed E-state index contributed by atoms with van der Waals surface area (Å²) < 4.78 is 0. The number of nitrogens with zero attached hydrogens (tertiary/aromatic N) is 3. The van der Waals surface area contributed by atoms with Crippen molar-refractivity contribution in [3.05, 3.63) is 23.9 Å². The van der Waals surface area contributed by atoms with Crippen LogP contribution in [-0.2, 0) is 4.79 Å². The Bertz CT molecular complexity index is 543. The molecule has 0 spiro atoms. The molecule has 2 atom stereocenters. The lowest BCUT2D eigenvalue weighted by atomic mass is 9.93. The number of fused-ring (bicyclic) bond motifs is 1. The smallest absolute Gasteiger partial charge is 0.312 e. The first-order valence-electron chi connectivity index (χ1n) is 6.66. The van der Waals surface area contributed by atoms with Gasteiger partial charge in [0.05, 0.1) is 0 Å². The van der Waals surface area contributed by atoms with Crippen LogP contribution >= 0.6 is 0 Å². The molecule has 2 fully saturated rings. The number of aromatic nitrogens is 1. The fourth-order valence-electron chi connectivity index (χ4n) is 2.84. The number of aryl methyl sites for hydroxylation is 1.